The smallest absolute Gasteiger partial charge is 0.0541 e. The van der Waals surface area contributed by atoms with Crippen LogP contribution >= 0.6 is 15.9 Å². The van der Waals surface area contributed by atoms with Crippen LogP contribution in [0.15, 0.2) is 368 Å². The summed E-state index contributed by atoms with van der Waals surface area (Å²) >= 11 is 3.42. The zero-order chi connectivity index (χ0) is 59.7. The maximum atomic E-state index is 3.42. The van der Waals surface area contributed by atoms with E-state index in [0.29, 0.717) is 0 Å². The number of nitrogens with zero attached hydrogens (tertiary/aromatic N) is 3. The average Bonchev–Trinajstić information content (AvgIpc) is 1.92. The lowest BCUT2D eigenvalue weighted by Gasteiger charge is -2.26. The summed E-state index contributed by atoms with van der Waals surface area (Å²) in [6, 6.07) is 129. The molecule has 0 aliphatic carbocycles. The second-order valence-electron chi connectivity index (χ2n) is 22.2. The Hall–Kier alpha value is -11.0. The first kappa shape index (κ1) is 60.3. The topological polar surface area (TPSA) is 13.1 Å². The third kappa shape index (κ3) is 13.1. The van der Waals surface area contributed by atoms with E-state index in [1.807, 2.05) is 6.07 Å². The Kier molecular flexibility index (Phi) is 18.5. The summed E-state index contributed by atoms with van der Waals surface area (Å²) in [6.45, 7) is 0. The highest BCUT2D eigenvalue weighted by Gasteiger charge is 2.17. The molecule has 0 radical (unpaired) electrons. The monoisotopic (exact) mass is 1240 g/mol. The largest absolute Gasteiger partial charge is 0.311 e. The molecule has 91 heavy (non-hydrogen) atoms. The van der Waals surface area contributed by atoms with Crippen LogP contribution in [-0.2, 0) is 6.42 Å². The molecule has 16 aromatic rings. The van der Waals surface area contributed by atoms with Gasteiger partial charge in [0.2, 0.25) is 0 Å². The van der Waals surface area contributed by atoms with Crippen LogP contribution in [-0.4, -0.2) is 9.13 Å². The number of benzene rings is 14. The standard InChI is InChI=1S/C42H30N2.C31H23N.C12H9Br.2CH4/c1-4-12-31(13-5-1)32-20-25-37(26-21-32)43(35-14-6-2-7-15-35)38-27-22-33(23-28-38)34-24-29-42-40(30-34)39-18-10-11-19-41(39)44(42)36-16-8-3-9-17-36;1-3-9-23(10-4-1)21-24-15-17-25(18-16-24)26-19-20-31-29(22-26)28-13-7-8-14-30(28)32(31)27-11-5-2-6-12-27;13-12-8-6-11(7-9-12)10-4-2-1-3-5-10;;/h1-30H;1-20,22H,21H2;1-9H;2*1H4. The van der Waals surface area contributed by atoms with Crippen LogP contribution in [0.4, 0.5) is 17.1 Å². The Balaban J connectivity index is 0.000000148. The second-order valence-corrected chi connectivity index (χ2v) is 23.1. The molecule has 0 aliphatic heterocycles. The van der Waals surface area contributed by atoms with Gasteiger partial charge in [-0.05, 0) is 171 Å². The minimum Gasteiger partial charge on any atom is -0.311 e. The van der Waals surface area contributed by atoms with Gasteiger partial charge in [0.25, 0.3) is 0 Å². The number of halogens is 1. The van der Waals surface area contributed by atoms with Gasteiger partial charge in [-0.1, -0.05) is 286 Å². The molecule has 0 N–H and O–H groups in total. The molecule has 2 aromatic heterocycles. The van der Waals surface area contributed by atoms with E-state index in [-0.39, 0.29) is 14.9 Å². The molecule has 2 heterocycles. The van der Waals surface area contributed by atoms with Gasteiger partial charge < -0.3 is 14.0 Å². The van der Waals surface area contributed by atoms with E-state index < -0.39 is 0 Å². The van der Waals surface area contributed by atoms with Crippen molar-refractivity contribution < 1.29 is 0 Å². The third-order valence-corrected chi connectivity index (χ3v) is 17.1. The molecule has 0 atom stereocenters. The van der Waals surface area contributed by atoms with Gasteiger partial charge in [-0.15, -0.1) is 0 Å². The van der Waals surface area contributed by atoms with Gasteiger partial charge in [0.05, 0.1) is 22.1 Å². The van der Waals surface area contributed by atoms with Crippen molar-refractivity contribution in [2.24, 2.45) is 0 Å². The Labute approximate surface area is 543 Å². The fourth-order valence-electron chi connectivity index (χ4n) is 12.2. The molecular formula is C87H70BrN3. The molecule has 0 saturated heterocycles. The highest BCUT2D eigenvalue weighted by molar-refractivity contribution is 9.10. The SMILES string of the molecule is Brc1ccc(-c2ccccc2)cc1.C.C.c1ccc(-c2ccc(N(c3ccccc3)c3ccc(-c4ccc5c(c4)c4ccccc4n5-c4ccccc4)cc3)cc2)cc1.c1ccc(Cc2ccc(-c3ccc4c(c3)c3ccccc3n4-c3ccccc3)cc2)cc1. The van der Waals surface area contributed by atoms with Crippen LogP contribution in [0, 0.1) is 0 Å². The molecule has 0 unspecified atom stereocenters. The molecule has 0 bridgehead atoms. The number of para-hydroxylation sites is 5. The fourth-order valence-corrected chi connectivity index (χ4v) is 12.5. The summed E-state index contributed by atoms with van der Waals surface area (Å²) < 4.78 is 5.84. The molecule has 440 valence electrons. The van der Waals surface area contributed by atoms with Crippen LogP contribution in [0.25, 0.3) is 99.5 Å². The van der Waals surface area contributed by atoms with Crippen LogP contribution in [0.3, 0.4) is 0 Å². The van der Waals surface area contributed by atoms with Crippen LogP contribution in [0.2, 0.25) is 0 Å². The Morgan fingerprint density at radius 3 is 0.945 bits per heavy atom. The van der Waals surface area contributed by atoms with E-state index in [4.69, 9.17) is 0 Å². The Bertz CT molecular complexity index is 4970. The normalized spacial score (nSPS) is 10.8. The summed E-state index contributed by atoms with van der Waals surface area (Å²) in [7, 11) is 0. The molecule has 0 fully saturated rings. The van der Waals surface area contributed by atoms with E-state index >= 15 is 0 Å². The number of hydrogen-bond donors (Lipinski definition) is 0. The molecule has 3 nitrogen and oxygen atoms in total. The number of rotatable bonds is 11. The van der Waals surface area contributed by atoms with Crippen molar-refractivity contribution in [2.75, 3.05) is 4.90 Å². The Morgan fingerprint density at radius 2 is 0.516 bits per heavy atom. The summed E-state index contributed by atoms with van der Waals surface area (Å²) in [5.74, 6) is 0. The van der Waals surface area contributed by atoms with Crippen molar-refractivity contribution in [3.05, 3.63) is 380 Å². The first-order valence-corrected chi connectivity index (χ1v) is 31.1. The highest BCUT2D eigenvalue weighted by atomic mass is 79.9. The zero-order valence-electron chi connectivity index (χ0n) is 49.1. The third-order valence-electron chi connectivity index (χ3n) is 16.6. The van der Waals surface area contributed by atoms with E-state index in [9.17, 15) is 0 Å². The van der Waals surface area contributed by atoms with E-state index in [1.54, 1.807) is 0 Å². The summed E-state index contributed by atoms with van der Waals surface area (Å²) in [5.41, 5.74) is 23.2. The Morgan fingerprint density at radius 1 is 0.231 bits per heavy atom. The summed E-state index contributed by atoms with van der Waals surface area (Å²) in [6.07, 6.45) is 0.963. The van der Waals surface area contributed by atoms with Crippen molar-refractivity contribution in [1.82, 2.24) is 9.13 Å². The lowest BCUT2D eigenvalue weighted by molar-refractivity contribution is 1.18. The van der Waals surface area contributed by atoms with Crippen molar-refractivity contribution in [1.29, 1.82) is 0 Å². The first-order chi connectivity index (χ1) is 44.1. The summed E-state index contributed by atoms with van der Waals surface area (Å²) in [4.78, 5) is 2.31. The van der Waals surface area contributed by atoms with Crippen LogP contribution in [0.5, 0.6) is 0 Å². The average molecular weight is 1240 g/mol. The van der Waals surface area contributed by atoms with Gasteiger partial charge >= 0.3 is 0 Å². The molecule has 4 heteroatoms. The maximum absolute atomic E-state index is 3.42. The highest BCUT2D eigenvalue weighted by Crippen LogP contribution is 2.40. The van der Waals surface area contributed by atoms with Crippen molar-refractivity contribution >= 4 is 76.6 Å². The van der Waals surface area contributed by atoms with E-state index in [0.717, 1.165) is 28.0 Å². The van der Waals surface area contributed by atoms with E-state index in [1.165, 1.54) is 111 Å². The molecule has 0 aliphatic rings. The van der Waals surface area contributed by atoms with Crippen molar-refractivity contribution in [3.63, 3.8) is 0 Å². The molecule has 0 spiro atoms. The van der Waals surface area contributed by atoms with E-state index in [2.05, 4.69) is 388 Å². The molecule has 0 saturated carbocycles. The van der Waals surface area contributed by atoms with Gasteiger partial charge in [0.1, 0.15) is 0 Å². The van der Waals surface area contributed by atoms with Crippen LogP contribution in [0.1, 0.15) is 26.0 Å². The van der Waals surface area contributed by atoms with Gasteiger partial charge in [-0.3, -0.25) is 0 Å². The molecule has 16 rings (SSSR count). The lowest BCUT2D eigenvalue weighted by Crippen LogP contribution is -2.09. The lowest BCUT2D eigenvalue weighted by atomic mass is 9.99. The van der Waals surface area contributed by atoms with Gasteiger partial charge in [-0.25, -0.2) is 0 Å². The quantitative estimate of drug-likeness (QED) is 0.126. The predicted molar refractivity (Wildman–Crippen MR) is 395 cm³/mol. The zero-order valence-corrected chi connectivity index (χ0v) is 50.7. The van der Waals surface area contributed by atoms with Crippen LogP contribution < -0.4 is 4.90 Å². The molecular weight excluding hydrogens is 1170 g/mol. The number of hydrogen-bond acceptors (Lipinski definition) is 1. The summed E-state index contributed by atoms with van der Waals surface area (Å²) in [5, 5.41) is 5.10. The minimum atomic E-state index is 0. The van der Waals surface area contributed by atoms with Crippen molar-refractivity contribution in [3.8, 4) is 55.9 Å². The minimum absolute atomic E-state index is 0. The van der Waals surface area contributed by atoms with Gasteiger partial charge in [0.15, 0.2) is 0 Å². The fraction of sp³-hybridized carbons (Fsp3) is 0.0345. The maximum Gasteiger partial charge on any atom is 0.0541 e. The van der Waals surface area contributed by atoms with Gasteiger partial charge in [0, 0.05) is 54.5 Å². The van der Waals surface area contributed by atoms with Gasteiger partial charge in [-0.2, -0.15) is 0 Å². The molecule has 14 aromatic carbocycles. The second kappa shape index (κ2) is 28.0. The number of anilines is 3. The number of fused-ring (bicyclic) bond motifs is 6. The predicted octanol–water partition coefficient (Wildman–Crippen LogP) is 25.0. The number of aromatic nitrogens is 2. The molecule has 0 amide bonds. The van der Waals surface area contributed by atoms with Crippen molar-refractivity contribution in [2.45, 2.75) is 21.3 Å². The first-order valence-electron chi connectivity index (χ1n) is 30.3.